The first-order chi connectivity index (χ1) is 9.38. The minimum atomic E-state index is -1.35. The van der Waals surface area contributed by atoms with Gasteiger partial charge in [0.1, 0.15) is 25.1 Å². The normalized spacial score (nSPS) is 25.6. The Bertz CT molecular complexity index is 623. The molecule has 0 saturated carbocycles. The van der Waals surface area contributed by atoms with E-state index in [1.54, 1.807) is 0 Å². The molecule has 1 aliphatic heterocycles. The van der Waals surface area contributed by atoms with Crippen LogP contribution in [-0.4, -0.2) is 34.4 Å². The van der Waals surface area contributed by atoms with E-state index in [0.717, 1.165) is 4.57 Å². The van der Waals surface area contributed by atoms with E-state index in [1.165, 1.54) is 20.0 Å². The Balaban J connectivity index is 2.16. The number of halogens is 1. The summed E-state index contributed by atoms with van der Waals surface area (Å²) in [5, 5.41) is 0. The van der Waals surface area contributed by atoms with Gasteiger partial charge in [0, 0.05) is 25.1 Å². The molecule has 1 aromatic rings. The molecule has 0 aliphatic carbocycles. The van der Waals surface area contributed by atoms with Crippen LogP contribution in [0.4, 0.5) is 4.39 Å². The van der Waals surface area contributed by atoms with Crippen molar-refractivity contribution < 1.29 is 18.7 Å². The van der Waals surface area contributed by atoms with Gasteiger partial charge in [0.25, 0.3) is 5.56 Å². The van der Waals surface area contributed by atoms with Crippen molar-refractivity contribution in [1.82, 2.24) is 9.55 Å². The Morgan fingerprint density at radius 2 is 2.30 bits per heavy atom. The van der Waals surface area contributed by atoms with Gasteiger partial charge in [-0.1, -0.05) is 0 Å². The molecule has 0 bridgehead atoms. The number of ether oxygens (including phenoxy) is 2. The third-order valence-electron chi connectivity index (χ3n) is 3.07. The maximum absolute atomic E-state index is 13.8. The van der Waals surface area contributed by atoms with Crippen LogP contribution < -0.4 is 11.2 Å². The van der Waals surface area contributed by atoms with Crippen LogP contribution in [0.2, 0.25) is 0 Å². The van der Waals surface area contributed by atoms with Crippen LogP contribution in [0.3, 0.4) is 0 Å². The molecule has 0 unspecified atom stereocenters. The molecule has 0 amide bonds. The van der Waals surface area contributed by atoms with E-state index >= 15 is 0 Å². The van der Waals surface area contributed by atoms with Crippen molar-refractivity contribution in [3.05, 3.63) is 32.6 Å². The predicted octanol–water partition coefficient (Wildman–Crippen LogP) is 0.0337. The first-order valence-corrected chi connectivity index (χ1v) is 6.13. The summed E-state index contributed by atoms with van der Waals surface area (Å²) in [7, 11) is 0. The number of esters is 1. The van der Waals surface area contributed by atoms with Gasteiger partial charge in [-0.05, 0) is 6.92 Å². The average Bonchev–Trinajstić information content (AvgIpc) is 2.72. The number of nitrogens with zero attached hydrogens (tertiary/aromatic N) is 1. The van der Waals surface area contributed by atoms with Crippen LogP contribution in [0.15, 0.2) is 15.8 Å². The van der Waals surface area contributed by atoms with Crippen LogP contribution in [0.1, 0.15) is 25.1 Å². The van der Waals surface area contributed by atoms with Crippen LogP contribution >= 0.6 is 0 Å². The minimum Gasteiger partial charge on any atom is -0.463 e. The Labute approximate surface area is 113 Å². The fourth-order valence-electron chi connectivity index (χ4n) is 2.01. The Morgan fingerprint density at radius 1 is 1.60 bits per heavy atom. The maximum Gasteiger partial charge on any atom is 0.330 e. The largest absolute Gasteiger partial charge is 0.463 e. The van der Waals surface area contributed by atoms with Crippen molar-refractivity contribution in [3.8, 4) is 0 Å². The van der Waals surface area contributed by atoms with Gasteiger partial charge >= 0.3 is 11.7 Å². The number of aryl methyl sites for hydroxylation is 1. The van der Waals surface area contributed by atoms with Crippen molar-refractivity contribution in [2.75, 3.05) is 6.61 Å². The highest BCUT2D eigenvalue weighted by Crippen LogP contribution is 2.30. The molecule has 0 aromatic carbocycles. The third-order valence-corrected chi connectivity index (χ3v) is 3.07. The number of carbonyl (C=O) groups is 1. The monoisotopic (exact) mass is 286 g/mol. The molecule has 7 nitrogen and oxygen atoms in total. The smallest absolute Gasteiger partial charge is 0.330 e. The third kappa shape index (κ3) is 2.96. The topological polar surface area (TPSA) is 90.4 Å². The summed E-state index contributed by atoms with van der Waals surface area (Å²) in [4.78, 5) is 35.8. The van der Waals surface area contributed by atoms with Gasteiger partial charge in [-0.25, -0.2) is 9.18 Å². The number of alkyl halides is 1. The van der Waals surface area contributed by atoms with E-state index in [9.17, 15) is 18.8 Å². The van der Waals surface area contributed by atoms with Crippen LogP contribution in [0.5, 0.6) is 0 Å². The van der Waals surface area contributed by atoms with Crippen molar-refractivity contribution in [2.24, 2.45) is 0 Å². The second-order valence-electron chi connectivity index (χ2n) is 4.66. The standard InChI is InChI=1S/C12H15FN2O5/c1-6-4-15(12(18)14-11(6)17)10-3-8(13)9(20-10)5-19-7(2)16/h4,8-10H,3,5H2,1-2H3,(H,14,17,18)/t8-,9+,10-/m0/s1. The van der Waals surface area contributed by atoms with Crippen LogP contribution in [-0.2, 0) is 14.3 Å². The Kier molecular flexibility index (Phi) is 4.03. The molecule has 0 spiro atoms. The molecule has 0 radical (unpaired) electrons. The zero-order valence-electron chi connectivity index (χ0n) is 11.1. The molecule has 2 rings (SSSR count). The average molecular weight is 286 g/mol. The molecule has 8 heteroatoms. The summed E-state index contributed by atoms with van der Waals surface area (Å²) in [5.74, 6) is -0.527. The lowest BCUT2D eigenvalue weighted by atomic mass is 10.2. The number of hydrogen-bond donors (Lipinski definition) is 1. The van der Waals surface area contributed by atoms with E-state index < -0.39 is 35.7 Å². The SMILES string of the molecule is CC(=O)OC[C@H]1O[C@H](n2cc(C)c(=O)[nH]c2=O)C[C@@H]1F. The molecule has 1 saturated heterocycles. The Hall–Kier alpha value is -1.96. The quantitative estimate of drug-likeness (QED) is 0.792. The summed E-state index contributed by atoms with van der Waals surface area (Å²) in [6.07, 6.45) is -1.81. The molecule has 3 atom stereocenters. The number of aromatic amines is 1. The van der Waals surface area contributed by atoms with E-state index in [1.807, 2.05) is 0 Å². The number of nitrogens with one attached hydrogen (secondary N) is 1. The first kappa shape index (κ1) is 14.4. The predicted molar refractivity (Wildman–Crippen MR) is 66.1 cm³/mol. The second kappa shape index (κ2) is 5.58. The molecule has 1 aliphatic rings. The second-order valence-corrected chi connectivity index (χ2v) is 4.66. The molecule has 2 heterocycles. The molecule has 1 aromatic heterocycles. The van der Waals surface area contributed by atoms with Gasteiger partial charge < -0.3 is 9.47 Å². The molecule has 20 heavy (non-hydrogen) atoms. The summed E-state index contributed by atoms with van der Waals surface area (Å²) in [5.41, 5.74) is -0.824. The number of aromatic nitrogens is 2. The lowest BCUT2D eigenvalue weighted by molar-refractivity contribution is -0.146. The molecule has 110 valence electrons. The fraction of sp³-hybridized carbons (Fsp3) is 0.583. The molecular weight excluding hydrogens is 271 g/mol. The van der Waals surface area contributed by atoms with Crippen molar-refractivity contribution >= 4 is 5.97 Å². The van der Waals surface area contributed by atoms with Crippen molar-refractivity contribution in [2.45, 2.75) is 38.8 Å². The maximum atomic E-state index is 13.8. The van der Waals surface area contributed by atoms with E-state index in [4.69, 9.17) is 9.47 Å². The first-order valence-electron chi connectivity index (χ1n) is 6.13. The van der Waals surface area contributed by atoms with Crippen LogP contribution in [0, 0.1) is 6.92 Å². The van der Waals surface area contributed by atoms with Gasteiger partial charge in [0.2, 0.25) is 0 Å². The number of H-pyrrole nitrogens is 1. The van der Waals surface area contributed by atoms with Gasteiger partial charge in [-0.3, -0.25) is 19.1 Å². The lowest BCUT2D eigenvalue weighted by Gasteiger charge is -2.15. The van der Waals surface area contributed by atoms with E-state index in [2.05, 4.69) is 4.98 Å². The zero-order chi connectivity index (χ0) is 14.9. The van der Waals surface area contributed by atoms with Gasteiger partial charge in [-0.2, -0.15) is 0 Å². The molecule has 1 fully saturated rings. The lowest BCUT2D eigenvalue weighted by Crippen LogP contribution is -2.33. The van der Waals surface area contributed by atoms with Gasteiger partial charge in [0.05, 0.1) is 0 Å². The summed E-state index contributed by atoms with van der Waals surface area (Å²) in [6, 6.07) is 0. The van der Waals surface area contributed by atoms with Gasteiger partial charge in [-0.15, -0.1) is 0 Å². The highest BCUT2D eigenvalue weighted by molar-refractivity contribution is 5.65. The number of carbonyl (C=O) groups excluding carboxylic acids is 1. The van der Waals surface area contributed by atoms with Crippen molar-refractivity contribution in [3.63, 3.8) is 0 Å². The van der Waals surface area contributed by atoms with Crippen molar-refractivity contribution in [1.29, 1.82) is 0 Å². The molecule has 1 N–H and O–H groups in total. The zero-order valence-corrected chi connectivity index (χ0v) is 11.1. The van der Waals surface area contributed by atoms with E-state index in [0.29, 0.717) is 5.56 Å². The minimum absolute atomic E-state index is 0.0443. The summed E-state index contributed by atoms with van der Waals surface area (Å²) < 4.78 is 25.0. The summed E-state index contributed by atoms with van der Waals surface area (Å²) in [6.45, 7) is 2.55. The molecular formula is C12H15FN2O5. The van der Waals surface area contributed by atoms with Gasteiger partial charge in [0.15, 0.2) is 0 Å². The number of rotatable bonds is 3. The fourth-order valence-corrected chi connectivity index (χ4v) is 2.01. The summed E-state index contributed by atoms with van der Waals surface area (Å²) >= 11 is 0. The highest BCUT2D eigenvalue weighted by atomic mass is 19.1. The Morgan fingerprint density at radius 3 is 2.95 bits per heavy atom. The van der Waals surface area contributed by atoms with Crippen LogP contribution in [0.25, 0.3) is 0 Å². The van der Waals surface area contributed by atoms with E-state index in [-0.39, 0.29) is 13.0 Å². The highest BCUT2D eigenvalue weighted by Gasteiger charge is 2.37. The number of hydrogen-bond acceptors (Lipinski definition) is 5.